The largest absolute Gasteiger partial charge is 0.465 e. The summed E-state index contributed by atoms with van der Waals surface area (Å²) in [6.45, 7) is 1.14. The Morgan fingerprint density at radius 2 is 1.81 bits per heavy atom. The zero-order valence-electron chi connectivity index (χ0n) is 11.7. The standard InChI is InChI=1S/C17H18N2O2/c20-17(21)19-11-10-14(12-19)18-16-9-5-4-8-15(16)13-6-2-1-3-7-13/h1-9,14,18H,10-12H2,(H,20,21). The summed E-state index contributed by atoms with van der Waals surface area (Å²) < 4.78 is 0. The van der Waals surface area contributed by atoms with Crippen molar-refractivity contribution in [3.8, 4) is 11.1 Å². The van der Waals surface area contributed by atoms with Gasteiger partial charge in [-0.2, -0.15) is 0 Å². The lowest BCUT2D eigenvalue weighted by atomic mass is 10.0. The molecule has 108 valence electrons. The molecule has 0 aromatic heterocycles. The second-order valence-electron chi connectivity index (χ2n) is 5.27. The lowest BCUT2D eigenvalue weighted by Crippen LogP contribution is -2.30. The van der Waals surface area contributed by atoms with Crippen LogP contribution in [0.5, 0.6) is 0 Å². The van der Waals surface area contributed by atoms with Gasteiger partial charge in [0.1, 0.15) is 0 Å². The Bertz CT molecular complexity index is 628. The maximum absolute atomic E-state index is 11.0. The number of anilines is 1. The number of nitrogens with zero attached hydrogens (tertiary/aromatic N) is 1. The van der Waals surface area contributed by atoms with Gasteiger partial charge in [0.2, 0.25) is 0 Å². The molecule has 1 atom stereocenters. The van der Waals surface area contributed by atoms with E-state index in [1.54, 1.807) is 0 Å². The molecular formula is C17H18N2O2. The Morgan fingerprint density at radius 3 is 2.52 bits per heavy atom. The Kier molecular flexibility index (Phi) is 3.77. The summed E-state index contributed by atoms with van der Waals surface area (Å²) in [4.78, 5) is 12.4. The van der Waals surface area contributed by atoms with Crippen LogP contribution >= 0.6 is 0 Å². The van der Waals surface area contributed by atoms with E-state index in [0.29, 0.717) is 13.1 Å². The molecule has 2 aromatic carbocycles. The van der Waals surface area contributed by atoms with Gasteiger partial charge in [0.15, 0.2) is 0 Å². The van der Waals surface area contributed by atoms with Gasteiger partial charge in [0, 0.05) is 30.4 Å². The van der Waals surface area contributed by atoms with Crippen molar-refractivity contribution in [2.45, 2.75) is 12.5 Å². The van der Waals surface area contributed by atoms with Crippen LogP contribution in [0.25, 0.3) is 11.1 Å². The van der Waals surface area contributed by atoms with Gasteiger partial charge in [-0.25, -0.2) is 4.79 Å². The lowest BCUT2D eigenvalue weighted by molar-refractivity contribution is 0.155. The Balaban J connectivity index is 1.79. The van der Waals surface area contributed by atoms with Gasteiger partial charge in [-0.3, -0.25) is 0 Å². The van der Waals surface area contributed by atoms with Crippen LogP contribution in [0.1, 0.15) is 6.42 Å². The minimum Gasteiger partial charge on any atom is -0.465 e. The van der Waals surface area contributed by atoms with Crippen LogP contribution in [0.2, 0.25) is 0 Å². The van der Waals surface area contributed by atoms with Crippen LogP contribution < -0.4 is 5.32 Å². The number of nitrogens with one attached hydrogen (secondary N) is 1. The fourth-order valence-electron chi connectivity index (χ4n) is 2.75. The molecule has 0 aliphatic carbocycles. The number of rotatable bonds is 3. The van der Waals surface area contributed by atoms with Crippen molar-refractivity contribution in [2.75, 3.05) is 18.4 Å². The Hall–Kier alpha value is -2.49. The number of hydrogen-bond acceptors (Lipinski definition) is 2. The van der Waals surface area contributed by atoms with Crippen LogP contribution in [0.3, 0.4) is 0 Å². The average Bonchev–Trinajstić information content (AvgIpc) is 2.98. The van der Waals surface area contributed by atoms with Crippen molar-refractivity contribution in [3.63, 3.8) is 0 Å². The van der Waals surface area contributed by atoms with Crippen molar-refractivity contribution >= 4 is 11.8 Å². The second-order valence-corrected chi connectivity index (χ2v) is 5.27. The van der Waals surface area contributed by atoms with E-state index >= 15 is 0 Å². The molecule has 4 nitrogen and oxygen atoms in total. The molecule has 21 heavy (non-hydrogen) atoms. The summed E-state index contributed by atoms with van der Waals surface area (Å²) in [6.07, 6.45) is 0.00532. The molecule has 1 saturated heterocycles. The SMILES string of the molecule is O=C(O)N1CCC(Nc2ccccc2-c2ccccc2)C1. The number of carbonyl (C=O) groups is 1. The van der Waals surface area contributed by atoms with E-state index in [9.17, 15) is 4.79 Å². The third kappa shape index (κ3) is 2.99. The van der Waals surface area contributed by atoms with Crippen LogP contribution in [0.4, 0.5) is 10.5 Å². The van der Waals surface area contributed by atoms with Crippen LogP contribution in [-0.4, -0.2) is 35.2 Å². The normalized spacial score (nSPS) is 17.7. The first-order chi connectivity index (χ1) is 10.2. The molecule has 2 aromatic rings. The van der Waals surface area contributed by atoms with Gasteiger partial charge in [-0.05, 0) is 18.1 Å². The molecule has 1 aliphatic rings. The van der Waals surface area contributed by atoms with Crippen molar-refractivity contribution < 1.29 is 9.90 Å². The quantitative estimate of drug-likeness (QED) is 0.905. The smallest absolute Gasteiger partial charge is 0.407 e. The van der Waals surface area contributed by atoms with Gasteiger partial charge >= 0.3 is 6.09 Å². The predicted molar refractivity (Wildman–Crippen MR) is 83.5 cm³/mol. The molecule has 4 heteroatoms. The Morgan fingerprint density at radius 1 is 1.10 bits per heavy atom. The van der Waals surface area contributed by atoms with Crippen LogP contribution in [0.15, 0.2) is 54.6 Å². The number of hydrogen-bond donors (Lipinski definition) is 2. The maximum atomic E-state index is 11.0. The molecule has 0 spiro atoms. The van der Waals surface area contributed by atoms with E-state index in [0.717, 1.165) is 23.2 Å². The number of carboxylic acid groups (broad SMARTS) is 1. The van der Waals surface area contributed by atoms with E-state index in [2.05, 4.69) is 23.5 Å². The molecule has 0 bridgehead atoms. The first-order valence-corrected chi connectivity index (χ1v) is 7.13. The number of benzene rings is 2. The molecule has 0 saturated carbocycles. The van der Waals surface area contributed by atoms with Crippen LogP contribution in [-0.2, 0) is 0 Å². The van der Waals surface area contributed by atoms with Crippen molar-refractivity contribution in [1.82, 2.24) is 4.90 Å². The monoisotopic (exact) mass is 282 g/mol. The van der Waals surface area contributed by atoms with E-state index in [1.807, 2.05) is 36.4 Å². The van der Waals surface area contributed by atoms with Crippen LogP contribution in [0, 0.1) is 0 Å². The molecule has 1 heterocycles. The summed E-state index contributed by atoms with van der Waals surface area (Å²) in [7, 11) is 0. The first kappa shape index (κ1) is 13.5. The van der Waals surface area contributed by atoms with Gasteiger partial charge in [-0.1, -0.05) is 48.5 Å². The second kappa shape index (κ2) is 5.87. The average molecular weight is 282 g/mol. The molecule has 1 amide bonds. The van der Waals surface area contributed by atoms with Gasteiger partial charge in [0.25, 0.3) is 0 Å². The van der Waals surface area contributed by atoms with Gasteiger partial charge < -0.3 is 15.3 Å². The maximum Gasteiger partial charge on any atom is 0.407 e. The summed E-state index contributed by atoms with van der Waals surface area (Å²) in [5.74, 6) is 0. The zero-order chi connectivity index (χ0) is 14.7. The van der Waals surface area contributed by atoms with Gasteiger partial charge in [-0.15, -0.1) is 0 Å². The van der Waals surface area contributed by atoms with Gasteiger partial charge in [0.05, 0.1) is 0 Å². The molecule has 0 radical (unpaired) electrons. The van der Waals surface area contributed by atoms with E-state index in [1.165, 1.54) is 4.90 Å². The van der Waals surface area contributed by atoms with Crippen molar-refractivity contribution in [1.29, 1.82) is 0 Å². The highest BCUT2D eigenvalue weighted by atomic mass is 16.4. The number of amides is 1. The summed E-state index contributed by atoms with van der Waals surface area (Å²) in [5.41, 5.74) is 3.36. The molecule has 1 aliphatic heterocycles. The predicted octanol–water partition coefficient (Wildman–Crippen LogP) is 3.52. The van der Waals surface area contributed by atoms with E-state index in [4.69, 9.17) is 5.11 Å². The van der Waals surface area contributed by atoms with Crippen molar-refractivity contribution in [2.24, 2.45) is 0 Å². The molecule has 1 unspecified atom stereocenters. The highest BCUT2D eigenvalue weighted by Crippen LogP contribution is 2.29. The zero-order valence-corrected chi connectivity index (χ0v) is 11.7. The topological polar surface area (TPSA) is 52.6 Å². The third-order valence-electron chi connectivity index (χ3n) is 3.83. The summed E-state index contributed by atoms with van der Waals surface area (Å²) in [6, 6.07) is 18.5. The number of likely N-dealkylation sites (tertiary alicyclic amines) is 1. The molecule has 1 fully saturated rings. The van der Waals surface area contributed by atoms with E-state index in [-0.39, 0.29) is 6.04 Å². The minimum atomic E-state index is -0.837. The highest BCUT2D eigenvalue weighted by molar-refractivity contribution is 5.78. The lowest BCUT2D eigenvalue weighted by Gasteiger charge is -2.18. The summed E-state index contributed by atoms with van der Waals surface area (Å²) in [5, 5.41) is 12.5. The first-order valence-electron chi connectivity index (χ1n) is 7.13. The highest BCUT2D eigenvalue weighted by Gasteiger charge is 2.26. The molecular weight excluding hydrogens is 264 g/mol. The Labute approximate surface area is 124 Å². The number of para-hydroxylation sites is 1. The molecule has 3 rings (SSSR count). The fourth-order valence-corrected chi connectivity index (χ4v) is 2.75. The molecule has 2 N–H and O–H groups in total. The third-order valence-corrected chi connectivity index (χ3v) is 3.83. The van der Waals surface area contributed by atoms with E-state index < -0.39 is 6.09 Å². The van der Waals surface area contributed by atoms with Crippen molar-refractivity contribution in [3.05, 3.63) is 54.6 Å². The fraction of sp³-hybridized carbons (Fsp3) is 0.235. The minimum absolute atomic E-state index is 0.172. The summed E-state index contributed by atoms with van der Waals surface area (Å²) >= 11 is 0.